The van der Waals surface area contributed by atoms with E-state index in [2.05, 4.69) is 4.90 Å². The van der Waals surface area contributed by atoms with E-state index in [0.717, 1.165) is 34.7 Å². The summed E-state index contributed by atoms with van der Waals surface area (Å²) in [5, 5.41) is 1.62. The molecular formula is C22H22ClN3O2. The van der Waals surface area contributed by atoms with Crippen molar-refractivity contribution in [1.82, 2.24) is 9.47 Å². The minimum atomic E-state index is 0.0129. The van der Waals surface area contributed by atoms with E-state index in [0.29, 0.717) is 18.7 Å². The van der Waals surface area contributed by atoms with Gasteiger partial charge in [0.05, 0.1) is 0 Å². The molecular weight excluding hydrogens is 374 g/mol. The first-order chi connectivity index (χ1) is 13.5. The third-order valence-corrected chi connectivity index (χ3v) is 5.55. The molecule has 0 unspecified atom stereocenters. The monoisotopic (exact) mass is 395 g/mol. The van der Waals surface area contributed by atoms with Gasteiger partial charge in [0, 0.05) is 59.6 Å². The third-order valence-electron chi connectivity index (χ3n) is 5.30. The molecule has 1 aliphatic rings. The van der Waals surface area contributed by atoms with Crippen LogP contribution < -0.4 is 4.90 Å². The van der Waals surface area contributed by atoms with Crippen LogP contribution in [-0.2, 0) is 11.3 Å². The standard InChI is InChI=1S/C22H22ClN3O2/c1-16(27)20-14-26(21-5-3-2-4-19(20)21)15-22(28)25-12-10-24(11-13-25)18-8-6-17(23)7-9-18/h2-9,14H,10-13,15H2,1H3. The lowest BCUT2D eigenvalue weighted by molar-refractivity contribution is -0.132. The average molecular weight is 396 g/mol. The molecule has 5 nitrogen and oxygen atoms in total. The van der Waals surface area contributed by atoms with Crippen LogP contribution in [0.5, 0.6) is 0 Å². The number of hydrogen-bond acceptors (Lipinski definition) is 3. The maximum atomic E-state index is 12.9. The van der Waals surface area contributed by atoms with Crippen LogP contribution in [0, 0.1) is 0 Å². The van der Waals surface area contributed by atoms with Gasteiger partial charge in [0.25, 0.3) is 0 Å². The number of aromatic nitrogens is 1. The number of benzene rings is 2. The fraction of sp³-hybridized carbons (Fsp3) is 0.273. The lowest BCUT2D eigenvalue weighted by atomic mass is 10.1. The van der Waals surface area contributed by atoms with E-state index in [1.807, 2.05) is 58.0 Å². The van der Waals surface area contributed by atoms with Crippen LogP contribution in [0.4, 0.5) is 5.69 Å². The largest absolute Gasteiger partial charge is 0.368 e. The SMILES string of the molecule is CC(=O)c1cn(CC(=O)N2CCN(c3ccc(Cl)cc3)CC2)c2ccccc12. The second-order valence-corrected chi connectivity index (χ2v) is 7.52. The second-order valence-electron chi connectivity index (χ2n) is 7.09. The molecule has 2 heterocycles. The minimum Gasteiger partial charge on any atom is -0.368 e. The molecule has 6 heteroatoms. The lowest BCUT2D eigenvalue weighted by Crippen LogP contribution is -2.49. The van der Waals surface area contributed by atoms with Gasteiger partial charge in [-0.25, -0.2) is 0 Å². The number of carbonyl (C=O) groups excluding carboxylic acids is 2. The number of halogens is 1. The molecule has 28 heavy (non-hydrogen) atoms. The third kappa shape index (κ3) is 3.62. The molecule has 0 bridgehead atoms. The Morgan fingerprint density at radius 2 is 1.64 bits per heavy atom. The van der Waals surface area contributed by atoms with Gasteiger partial charge in [0.15, 0.2) is 5.78 Å². The first-order valence-electron chi connectivity index (χ1n) is 9.40. The highest BCUT2D eigenvalue weighted by Gasteiger charge is 2.22. The van der Waals surface area contributed by atoms with Gasteiger partial charge in [-0.15, -0.1) is 0 Å². The number of anilines is 1. The number of para-hydroxylation sites is 1. The number of amides is 1. The van der Waals surface area contributed by atoms with E-state index in [4.69, 9.17) is 11.6 Å². The number of nitrogens with zero attached hydrogens (tertiary/aromatic N) is 3. The summed E-state index contributed by atoms with van der Waals surface area (Å²) < 4.78 is 1.89. The predicted octanol–water partition coefficient (Wildman–Crippen LogP) is 3.85. The summed E-state index contributed by atoms with van der Waals surface area (Å²) in [6.45, 7) is 4.75. The number of piperazine rings is 1. The molecule has 2 aromatic carbocycles. The van der Waals surface area contributed by atoms with Gasteiger partial charge in [-0.3, -0.25) is 9.59 Å². The number of carbonyl (C=O) groups is 2. The zero-order chi connectivity index (χ0) is 19.7. The molecule has 4 rings (SSSR count). The van der Waals surface area contributed by atoms with Crippen molar-refractivity contribution in [3.63, 3.8) is 0 Å². The van der Waals surface area contributed by atoms with Gasteiger partial charge in [0.1, 0.15) is 6.54 Å². The van der Waals surface area contributed by atoms with Crippen LogP contribution in [0.15, 0.2) is 54.7 Å². The molecule has 0 atom stereocenters. The minimum absolute atomic E-state index is 0.0129. The first kappa shape index (κ1) is 18.6. The van der Waals surface area contributed by atoms with Crippen LogP contribution in [0.25, 0.3) is 10.9 Å². The fourth-order valence-electron chi connectivity index (χ4n) is 3.77. The van der Waals surface area contributed by atoms with E-state index in [-0.39, 0.29) is 18.2 Å². The quantitative estimate of drug-likeness (QED) is 0.630. The van der Waals surface area contributed by atoms with Crippen molar-refractivity contribution < 1.29 is 9.59 Å². The number of rotatable bonds is 4. The maximum absolute atomic E-state index is 12.9. The molecule has 0 aliphatic carbocycles. The van der Waals surface area contributed by atoms with E-state index >= 15 is 0 Å². The van der Waals surface area contributed by atoms with Gasteiger partial charge < -0.3 is 14.4 Å². The number of ketones is 1. The van der Waals surface area contributed by atoms with Gasteiger partial charge in [-0.2, -0.15) is 0 Å². The van der Waals surface area contributed by atoms with Crippen LogP contribution in [-0.4, -0.2) is 47.3 Å². The Balaban J connectivity index is 1.45. The van der Waals surface area contributed by atoms with Gasteiger partial charge in [-0.1, -0.05) is 29.8 Å². The zero-order valence-electron chi connectivity index (χ0n) is 15.8. The van der Waals surface area contributed by atoms with E-state index < -0.39 is 0 Å². The molecule has 1 amide bonds. The Labute approximate surface area is 169 Å². The van der Waals surface area contributed by atoms with Crippen LogP contribution in [0.2, 0.25) is 5.02 Å². The summed E-state index contributed by atoms with van der Waals surface area (Å²) in [5.41, 5.74) is 2.70. The molecule has 144 valence electrons. The summed E-state index contributed by atoms with van der Waals surface area (Å²) in [7, 11) is 0. The summed E-state index contributed by atoms with van der Waals surface area (Å²) in [6, 6.07) is 15.5. The molecule has 1 fully saturated rings. The van der Waals surface area contributed by atoms with Crippen molar-refractivity contribution in [3.8, 4) is 0 Å². The maximum Gasteiger partial charge on any atom is 0.242 e. The Bertz CT molecular complexity index is 1020. The zero-order valence-corrected chi connectivity index (χ0v) is 16.5. The molecule has 0 spiro atoms. The Kier molecular flexibility index (Phi) is 5.09. The Hall–Kier alpha value is -2.79. The van der Waals surface area contributed by atoms with E-state index in [9.17, 15) is 9.59 Å². The number of hydrogen-bond donors (Lipinski definition) is 0. The van der Waals surface area contributed by atoms with Crippen molar-refractivity contribution in [2.75, 3.05) is 31.1 Å². The molecule has 0 N–H and O–H groups in total. The summed E-state index contributed by atoms with van der Waals surface area (Å²) in [6.07, 6.45) is 1.80. The van der Waals surface area contributed by atoms with Crippen molar-refractivity contribution >= 4 is 39.9 Å². The molecule has 1 aliphatic heterocycles. The Morgan fingerprint density at radius 3 is 2.32 bits per heavy atom. The topological polar surface area (TPSA) is 45.6 Å². The fourth-order valence-corrected chi connectivity index (χ4v) is 3.90. The normalized spacial score (nSPS) is 14.5. The Morgan fingerprint density at radius 1 is 0.964 bits per heavy atom. The number of fused-ring (bicyclic) bond motifs is 1. The van der Waals surface area contributed by atoms with Crippen LogP contribution >= 0.6 is 11.6 Å². The van der Waals surface area contributed by atoms with Gasteiger partial charge in [0.2, 0.25) is 5.91 Å². The van der Waals surface area contributed by atoms with Crippen molar-refractivity contribution in [2.24, 2.45) is 0 Å². The van der Waals surface area contributed by atoms with Crippen molar-refractivity contribution in [3.05, 3.63) is 65.3 Å². The molecule has 1 aromatic heterocycles. The smallest absolute Gasteiger partial charge is 0.242 e. The number of Topliss-reactive ketones (excluding diaryl/α,β-unsaturated/α-hetero) is 1. The summed E-state index contributed by atoms with van der Waals surface area (Å²) in [5.74, 6) is 0.0885. The molecule has 0 radical (unpaired) electrons. The highest BCUT2D eigenvalue weighted by atomic mass is 35.5. The van der Waals surface area contributed by atoms with Gasteiger partial charge in [-0.05, 0) is 37.3 Å². The lowest BCUT2D eigenvalue weighted by Gasteiger charge is -2.36. The molecule has 1 saturated heterocycles. The van der Waals surface area contributed by atoms with E-state index in [1.165, 1.54) is 0 Å². The van der Waals surface area contributed by atoms with Gasteiger partial charge >= 0.3 is 0 Å². The van der Waals surface area contributed by atoms with Crippen molar-refractivity contribution in [1.29, 1.82) is 0 Å². The van der Waals surface area contributed by atoms with Crippen LogP contribution in [0.1, 0.15) is 17.3 Å². The summed E-state index contributed by atoms with van der Waals surface area (Å²) >= 11 is 5.96. The predicted molar refractivity (Wildman–Crippen MR) is 112 cm³/mol. The average Bonchev–Trinajstić information content (AvgIpc) is 3.08. The highest BCUT2D eigenvalue weighted by Crippen LogP contribution is 2.23. The highest BCUT2D eigenvalue weighted by molar-refractivity contribution is 6.30. The molecule has 3 aromatic rings. The first-order valence-corrected chi connectivity index (χ1v) is 9.78. The van der Waals surface area contributed by atoms with E-state index in [1.54, 1.807) is 13.1 Å². The molecule has 0 saturated carbocycles. The van der Waals surface area contributed by atoms with Crippen molar-refractivity contribution in [2.45, 2.75) is 13.5 Å². The second kappa shape index (κ2) is 7.68. The summed E-state index contributed by atoms with van der Waals surface area (Å²) in [4.78, 5) is 29.0. The van der Waals surface area contributed by atoms with Crippen LogP contribution in [0.3, 0.4) is 0 Å².